The number of aryl methyl sites for hydroxylation is 1. The lowest BCUT2D eigenvalue weighted by Crippen LogP contribution is -2.12. The lowest BCUT2D eigenvalue weighted by molar-refractivity contribution is 0.102. The zero-order valence-corrected chi connectivity index (χ0v) is 11.0. The van der Waals surface area contributed by atoms with Gasteiger partial charge in [0.1, 0.15) is 5.69 Å². The van der Waals surface area contributed by atoms with Crippen molar-refractivity contribution >= 4 is 34.5 Å². The van der Waals surface area contributed by atoms with Crippen molar-refractivity contribution in [3.63, 3.8) is 0 Å². The number of carbonyl (C=O) groups is 1. The van der Waals surface area contributed by atoms with Crippen LogP contribution >= 0.6 is 22.9 Å². The van der Waals surface area contributed by atoms with E-state index in [0.717, 1.165) is 5.01 Å². The summed E-state index contributed by atoms with van der Waals surface area (Å²) in [6.45, 7) is 1.82. The summed E-state index contributed by atoms with van der Waals surface area (Å²) in [5, 5.41) is 14.3. The van der Waals surface area contributed by atoms with Crippen LogP contribution in [0, 0.1) is 18.3 Å². The molecular formula is C12H8ClN3OS. The fourth-order valence-electron chi connectivity index (χ4n) is 1.34. The van der Waals surface area contributed by atoms with Crippen LogP contribution in [0.3, 0.4) is 0 Å². The van der Waals surface area contributed by atoms with Gasteiger partial charge in [-0.25, -0.2) is 4.98 Å². The van der Waals surface area contributed by atoms with Crippen molar-refractivity contribution in [2.75, 3.05) is 5.32 Å². The van der Waals surface area contributed by atoms with Crippen LogP contribution in [0.5, 0.6) is 0 Å². The number of nitrogens with one attached hydrogen (secondary N) is 1. The molecule has 1 N–H and O–H groups in total. The fourth-order valence-corrected chi connectivity index (χ4v) is 2.10. The molecule has 0 saturated carbocycles. The van der Waals surface area contributed by atoms with Gasteiger partial charge < -0.3 is 5.32 Å². The average Bonchev–Trinajstić information content (AvgIpc) is 2.79. The first kappa shape index (κ1) is 12.6. The maximum atomic E-state index is 11.9. The molecule has 2 rings (SSSR count). The minimum atomic E-state index is -0.337. The van der Waals surface area contributed by atoms with Gasteiger partial charge in [-0.2, -0.15) is 5.26 Å². The average molecular weight is 278 g/mol. The SMILES string of the molecule is Cc1nc(C(=O)Nc2cc(C#N)ccc2Cl)cs1. The number of benzene rings is 1. The molecule has 0 unspecified atom stereocenters. The van der Waals surface area contributed by atoms with Crippen molar-refractivity contribution in [1.29, 1.82) is 5.26 Å². The summed E-state index contributed by atoms with van der Waals surface area (Å²) in [4.78, 5) is 15.9. The Hall–Kier alpha value is -1.90. The Morgan fingerprint density at radius 3 is 2.94 bits per heavy atom. The van der Waals surface area contributed by atoms with E-state index in [9.17, 15) is 4.79 Å². The van der Waals surface area contributed by atoms with Gasteiger partial charge in [0.15, 0.2) is 0 Å². The third-order valence-corrected chi connectivity index (χ3v) is 3.30. The maximum absolute atomic E-state index is 11.9. The van der Waals surface area contributed by atoms with Gasteiger partial charge in [0, 0.05) is 5.38 Å². The molecule has 0 atom stereocenters. The molecule has 0 fully saturated rings. The minimum absolute atomic E-state index is 0.337. The van der Waals surface area contributed by atoms with Crippen LogP contribution in [-0.4, -0.2) is 10.9 Å². The summed E-state index contributed by atoms with van der Waals surface area (Å²) in [6, 6.07) is 6.68. The molecule has 1 aromatic heterocycles. The molecule has 2 aromatic rings. The second-order valence-corrected chi connectivity index (χ2v) is 4.98. The molecule has 6 heteroatoms. The Morgan fingerprint density at radius 2 is 2.33 bits per heavy atom. The molecule has 1 heterocycles. The van der Waals surface area contributed by atoms with E-state index in [2.05, 4.69) is 10.3 Å². The third-order valence-electron chi connectivity index (χ3n) is 2.20. The van der Waals surface area contributed by atoms with E-state index >= 15 is 0 Å². The van der Waals surface area contributed by atoms with Crippen LogP contribution in [0.25, 0.3) is 0 Å². The second kappa shape index (κ2) is 5.17. The van der Waals surface area contributed by atoms with Crippen LogP contribution in [0.15, 0.2) is 23.6 Å². The van der Waals surface area contributed by atoms with Crippen molar-refractivity contribution in [2.24, 2.45) is 0 Å². The number of aromatic nitrogens is 1. The van der Waals surface area contributed by atoms with Gasteiger partial charge in [-0.15, -0.1) is 11.3 Å². The zero-order valence-electron chi connectivity index (χ0n) is 9.40. The molecule has 0 aliphatic heterocycles. The van der Waals surface area contributed by atoms with Crippen molar-refractivity contribution in [2.45, 2.75) is 6.92 Å². The Balaban J connectivity index is 2.24. The molecule has 90 valence electrons. The molecule has 0 aliphatic rings. The lowest BCUT2D eigenvalue weighted by Gasteiger charge is -2.05. The number of carbonyl (C=O) groups excluding carboxylic acids is 1. The van der Waals surface area contributed by atoms with Crippen LogP contribution < -0.4 is 5.32 Å². The van der Waals surface area contributed by atoms with Crippen LogP contribution in [0.2, 0.25) is 5.02 Å². The lowest BCUT2D eigenvalue weighted by atomic mass is 10.2. The van der Waals surface area contributed by atoms with E-state index in [4.69, 9.17) is 16.9 Å². The summed E-state index contributed by atoms with van der Waals surface area (Å²) < 4.78 is 0. The Kier molecular flexibility index (Phi) is 3.60. The first-order valence-corrected chi connectivity index (χ1v) is 6.29. The molecule has 18 heavy (non-hydrogen) atoms. The molecule has 1 aromatic carbocycles. The Labute approximate surface area is 113 Å². The highest BCUT2D eigenvalue weighted by Crippen LogP contribution is 2.23. The first-order chi connectivity index (χ1) is 8.60. The predicted octanol–water partition coefficient (Wildman–Crippen LogP) is 3.23. The van der Waals surface area contributed by atoms with Gasteiger partial charge in [-0.05, 0) is 25.1 Å². The number of halogens is 1. The largest absolute Gasteiger partial charge is 0.319 e. The number of thiazole rings is 1. The molecule has 0 radical (unpaired) electrons. The number of nitriles is 1. The van der Waals surface area contributed by atoms with E-state index in [1.54, 1.807) is 17.5 Å². The third kappa shape index (κ3) is 2.67. The predicted molar refractivity (Wildman–Crippen MR) is 71.0 cm³/mol. The van der Waals surface area contributed by atoms with Crippen LogP contribution in [0.1, 0.15) is 21.1 Å². The summed E-state index contributed by atoms with van der Waals surface area (Å²) in [5.74, 6) is -0.337. The standard InChI is InChI=1S/C12H8ClN3OS/c1-7-15-11(6-18-7)12(17)16-10-4-8(5-14)2-3-9(10)13/h2-4,6H,1H3,(H,16,17). The molecule has 0 spiro atoms. The van der Waals surface area contributed by atoms with Crippen molar-refractivity contribution in [1.82, 2.24) is 4.98 Å². The van der Waals surface area contributed by atoms with Gasteiger partial charge in [-0.1, -0.05) is 11.6 Å². The van der Waals surface area contributed by atoms with Gasteiger partial charge in [0.25, 0.3) is 5.91 Å². The smallest absolute Gasteiger partial charge is 0.275 e. The van der Waals surface area contributed by atoms with Crippen LogP contribution in [-0.2, 0) is 0 Å². The molecule has 0 aliphatic carbocycles. The summed E-state index contributed by atoms with van der Waals surface area (Å²) in [6.07, 6.45) is 0. The summed E-state index contributed by atoms with van der Waals surface area (Å²) >= 11 is 7.35. The monoisotopic (exact) mass is 277 g/mol. The number of anilines is 1. The van der Waals surface area contributed by atoms with Gasteiger partial charge in [0.2, 0.25) is 0 Å². The highest BCUT2D eigenvalue weighted by atomic mass is 35.5. The fraction of sp³-hybridized carbons (Fsp3) is 0.0833. The maximum Gasteiger partial charge on any atom is 0.275 e. The van der Waals surface area contributed by atoms with Gasteiger partial charge in [0.05, 0.1) is 27.4 Å². The van der Waals surface area contributed by atoms with Gasteiger partial charge >= 0.3 is 0 Å². The summed E-state index contributed by atoms with van der Waals surface area (Å²) in [5.41, 5.74) is 1.19. The summed E-state index contributed by atoms with van der Waals surface area (Å²) in [7, 11) is 0. The molecule has 1 amide bonds. The number of rotatable bonds is 2. The number of amides is 1. The number of hydrogen-bond acceptors (Lipinski definition) is 4. The Morgan fingerprint density at radius 1 is 1.56 bits per heavy atom. The van der Waals surface area contributed by atoms with Crippen molar-refractivity contribution in [3.8, 4) is 6.07 Å². The van der Waals surface area contributed by atoms with Crippen molar-refractivity contribution < 1.29 is 4.79 Å². The van der Waals surface area contributed by atoms with Crippen molar-refractivity contribution in [3.05, 3.63) is 44.9 Å². The first-order valence-electron chi connectivity index (χ1n) is 5.03. The van der Waals surface area contributed by atoms with E-state index < -0.39 is 0 Å². The molecule has 0 saturated heterocycles. The highest BCUT2D eigenvalue weighted by molar-refractivity contribution is 7.09. The quantitative estimate of drug-likeness (QED) is 0.916. The molecular weight excluding hydrogens is 270 g/mol. The van der Waals surface area contributed by atoms with E-state index in [1.165, 1.54) is 17.4 Å². The minimum Gasteiger partial charge on any atom is -0.319 e. The number of nitrogens with zero attached hydrogens (tertiary/aromatic N) is 2. The van der Waals surface area contributed by atoms with Gasteiger partial charge in [-0.3, -0.25) is 4.79 Å². The number of hydrogen-bond donors (Lipinski definition) is 1. The highest BCUT2D eigenvalue weighted by Gasteiger charge is 2.11. The Bertz CT molecular complexity index is 645. The molecule has 0 bridgehead atoms. The van der Waals surface area contributed by atoms with E-state index in [-0.39, 0.29) is 5.91 Å². The topological polar surface area (TPSA) is 65.8 Å². The normalized spacial score (nSPS) is 9.83. The molecule has 4 nitrogen and oxygen atoms in total. The zero-order chi connectivity index (χ0) is 13.1. The van der Waals surface area contributed by atoms with E-state index in [1.807, 2.05) is 13.0 Å². The second-order valence-electron chi connectivity index (χ2n) is 3.51. The van der Waals surface area contributed by atoms with E-state index in [0.29, 0.717) is 22.0 Å². The van der Waals surface area contributed by atoms with Crippen LogP contribution in [0.4, 0.5) is 5.69 Å².